The van der Waals surface area contributed by atoms with Crippen molar-refractivity contribution in [3.63, 3.8) is 0 Å². The Balaban J connectivity index is 2.12. The van der Waals surface area contributed by atoms with E-state index in [9.17, 15) is 9.59 Å². The fourth-order valence-electron chi connectivity index (χ4n) is 2.95. The molecule has 0 bridgehead atoms. The van der Waals surface area contributed by atoms with Crippen LogP contribution in [0.15, 0.2) is 82.4 Å². The minimum Gasteiger partial charge on any atom is -0.307 e. The molecular weight excluding hydrogens is 300 g/mol. The Labute approximate surface area is 137 Å². The summed E-state index contributed by atoms with van der Waals surface area (Å²) >= 11 is 0. The molecule has 2 N–H and O–H groups in total. The second kappa shape index (κ2) is 5.66. The number of benzene rings is 3. The SMILES string of the molecule is O=c1[nH]c(=O)c2c(-c3ccccc3)cc(-c3ccccc3)cc2[nH]1. The molecule has 0 saturated heterocycles. The lowest BCUT2D eigenvalue weighted by atomic mass is 9.95. The summed E-state index contributed by atoms with van der Waals surface area (Å²) in [5.41, 5.74) is 3.34. The lowest BCUT2D eigenvalue weighted by Gasteiger charge is -2.10. The van der Waals surface area contributed by atoms with Crippen molar-refractivity contribution in [1.29, 1.82) is 0 Å². The van der Waals surface area contributed by atoms with E-state index in [0.717, 1.165) is 22.3 Å². The van der Waals surface area contributed by atoms with Crippen molar-refractivity contribution in [2.45, 2.75) is 0 Å². The summed E-state index contributed by atoms with van der Waals surface area (Å²) in [5.74, 6) is 0. The van der Waals surface area contributed by atoms with Crippen LogP contribution in [0.5, 0.6) is 0 Å². The van der Waals surface area contributed by atoms with Gasteiger partial charge in [0.2, 0.25) is 0 Å². The highest BCUT2D eigenvalue weighted by Gasteiger charge is 2.12. The van der Waals surface area contributed by atoms with Crippen molar-refractivity contribution in [1.82, 2.24) is 9.97 Å². The van der Waals surface area contributed by atoms with E-state index < -0.39 is 5.69 Å². The largest absolute Gasteiger partial charge is 0.326 e. The molecule has 116 valence electrons. The molecule has 0 aliphatic carbocycles. The van der Waals surface area contributed by atoms with Crippen LogP contribution in [0.25, 0.3) is 33.2 Å². The van der Waals surface area contributed by atoms with Gasteiger partial charge in [-0.05, 0) is 34.4 Å². The van der Waals surface area contributed by atoms with Gasteiger partial charge in [-0.2, -0.15) is 0 Å². The monoisotopic (exact) mass is 314 g/mol. The summed E-state index contributed by atoms with van der Waals surface area (Å²) in [6.07, 6.45) is 0. The average molecular weight is 314 g/mol. The Bertz CT molecular complexity index is 1130. The van der Waals surface area contributed by atoms with Gasteiger partial charge in [0, 0.05) is 0 Å². The van der Waals surface area contributed by atoms with Gasteiger partial charge in [0.1, 0.15) is 0 Å². The topological polar surface area (TPSA) is 65.7 Å². The van der Waals surface area contributed by atoms with Gasteiger partial charge in [-0.3, -0.25) is 9.78 Å². The number of hydrogen-bond acceptors (Lipinski definition) is 2. The van der Waals surface area contributed by atoms with E-state index >= 15 is 0 Å². The average Bonchev–Trinajstić information content (AvgIpc) is 2.62. The van der Waals surface area contributed by atoms with Crippen molar-refractivity contribution >= 4 is 10.9 Å². The number of aromatic amines is 2. The zero-order valence-corrected chi connectivity index (χ0v) is 12.7. The molecule has 0 aliphatic heterocycles. The van der Waals surface area contributed by atoms with Crippen molar-refractivity contribution in [3.8, 4) is 22.3 Å². The van der Waals surface area contributed by atoms with Gasteiger partial charge < -0.3 is 4.98 Å². The van der Waals surface area contributed by atoms with Crippen LogP contribution < -0.4 is 11.2 Å². The van der Waals surface area contributed by atoms with Gasteiger partial charge in [-0.1, -0.05) is 60.7 Å². The minimum atomic E-state index is -0.503. The van der Waals surface area contributed by atoms with Crippen molar-refractivity contribution < 1.29 is 0 Å². The molecule has 0 spiro atoms. The summed E-state index contributed by atoms with van der Waals surface area (Å²) in [6, 6.07) is 23.4. The molecule has 0 unspecified atom stereocenters. The Morgan fingerprint density at radius 2 is 1.25 bits per heavy atom. The lowest BCUT2D eigenvalue weighted by molar-refractivity contribution is 1.08. The van der Waals surface area contributed by atoms with Crippen LogP contribution in [0.4, 0.5) is 0 Å². The van der Waals surface area contributed by atoms with E-state index in [1.165, 1.54) is 0 Å². The molecule has 0 aliphatic rings. The van der Waals surface area contributed by atoms with Gasteiger partial charge in [-0.15, -0.1) is 0 Å². The third kappa shape index (κ3) is 2.44. The lowest BCUT2D eigenvalue weighted by Crippen LogP contribution is -2.22. The van der Waals surface area contributed by atoms with Crippen LogP contribution in [0, 0.1) is 0 Å². The van der Waals surface area contributed by atoms with Crippen LogP contribution in [0.2, 0.25) is 0 Å². The normalized spacial score (nSPS) is 10.8. The van der Waals surface area contributed by atoms with E-state index in [4.69, 9.17) is 0 Å². The highest BCUT2D eigenvalue weighted by Crippen LogP contribution is 2.31. The van der Waals surface area contributed by atoms with Gasteiger partial charge in [0.15, 0.2) is 0 Å². The van der Waals surface area contributed by atoms with Crippen molar-refractivity contribution in [2.75, 3.05) is 0 Å². The molecule has 1 heterocycles. The first-order chi connectivity index (χ1) is 11.7. The third-order valence-corrected chi connectivity index (χ3v) is 4.03. The first kappa shape index (κ1) is 14.2. The van der Waals surface area contributed by atoms with Gasteiger partial charge in [0.05, 0.1) is 10.9 Å². The smallest absolute Gasteiger partial charge is 0.307 e. The summed E-state index contributed by atoms with van der Waals surface area (Å²) in [5, 5.41) is 0.487. The zero-order chi connectivity index (χ0) is 16.5. The van der Waals surface area contributed by atoms with Gasteiger partial charge in [-0.25, -0.2) is 4.79 Å². The molecule has 4 heteroatoms. The highest BCUT2D eigenvalue weighted by atomic mass is 16.2. The van der Waals surface area contributed by atoms with Gasteiger partial charge in [0.25, 0.3) is 5.56 Å². The van der Waals surface area contributed by atoms with E-state index in [1.807, 2.05) is 72.8 Å². The van der Waals surface area contributed by atoms with Crippen molar-refractivity contribution in [2.24, 2.45) is 0 Å². The number of rotatable bonds is 2. The zero-order valence-electron chi connectivity index (χ0n) is 12.7. The molecule has 4 rings (SSSR count). The second-order valence-electron chi connectivity index (χ2n) is 5.59. The maximum absolute atomic E-state index is 12.4. The molecule has 0 amide bonds. The molecule has 0 radical (unpaired) electrons. The fraction of sp³-hybridized carbons (Fsp3) is 0. The third-order valence-electron chi connectivity index (χ3n) is 4.03. The van der Waals surface area contributed by atoms with E-state index in [-0.39, 0.29) is 5.56 Å². The van der Waals surface area contributed by atoms with Crippen LogP contribution in [-0.2, 0) is 0 Å². The number of fused-ring (bicyclic) bond motifs is 1. The maximum atomic E-state index is 12.4. The van der Waals surface area contributed by atoms with Crippen LogP contribution in [-0.4, -0.2) is 9.97 Å². The summed E-state index contributed by atoms with van der Waals surface area (Å²) in [6.45, 7) is 0. The summed E-state index contributed by atoms with van der Waals surface area (Å²) in [7, 11) is 0. The maximum Gasteiger partial charge on any atom is 0.326 e. The quantitative estimate of drug-likeness (QED) is 0.594. The molecule has 24 heavy (non-hydrogen) atoms. The number of H-pyrrole nitrogens is 2. The van der Waals surface area contributed by atoms with Crippen molar-refractivity contribution in [3.05, 3.63) is 93.6 Å². The molecule has 0 fully saturated rings. The van der Waals surface area contributed by atoms with E-state index in [0.29, 0.717) is 10.9 Å². The van der Waals surface area contributed by atoms with E-state index in [1.54, 1.807) is 0 Å². The van der Waals surface area contributed by atoms with Crippen LogP contribution >= 0.6 is 0 Å². The van der Waals surface area contributed by atoms with Gasteiger partial charge >= 0.3 is 5.69 Å². The first-order valence-corrected chi connectivity index (χ1v) is 7.63. The Hall–Kier alpha value is -3.40. The molecule has 4 aromatic rings. The fourth-order valence-corrected chi connectivity index (χ4v) is 2.95. The van der Waals surface area contributed by atoms with Crippen LogP contribution in [0.3, 0.4) is 0 Å². The Morgan fingerprint density at radius 3 is 1.92 bits per heavy atom. The highest BCUT2D eigenvalue weighted by molar-refractivity contribution is 5.97. The van der Waals surface area contributed by atoms with Crippen LogP contribution in [0.1, 0.15) is 0 Å². The minimum absolute atomic E-state index is 0.382. The summed E-state index contributed by atoms with van der Waals surface area (Å²) < 4.78 is 0. The molecular formula is C20H14N2O2. The summed E-state index contributed by atoms with van der Waals surface area (Å²) in [4.78, 5) is 29.1. The predicted octanol–water partition coefficient (Wildman–Crippen LogP) is 3.55. The Kier molecular flexibility index (Phi) is 3.35. The standard InChI is InChI=1S/C20H14N2O2/c23-19-18-16(14-9-5-2-6-10-14)11-15(13-7-3-1-4-8-13)12-17(18)21-20(24)22-19/h1-12H,(H2,21,22,23,24). The number of aromatic nitrogens is 2. The molecule has 3 aromatic carbocycles. The van der Waals surface area contributed by atoms with E-state index in [2.05, 4.69) is 9.97 Å². The predicted molar refractivity (Wildman–Crippen MR) is 96.1 cm³/mol. The second-order valence-corrected chi connectivity index (χ2v) is 5.59. The molecule has 1 aromatic heterocycles. The molecule has 0 saturated carbocycles. The molecule has 4 nitrogen and oxygen atoms in total. The number of hydrogen-bond donors (Lipinski definition) is 2. The number of nitrogens with one attached hydrogen (secondary N) is 2. The molecule has 0 atom stereocenters. The Morgan fingerprint density at radius 1 is 0.625 bits per heavy atom. The first-order valence-electron chi connectivity index (χ1n) is 7.63.